The Bertz CT molecular complexity index is 159. The van der Waals surface area contributed by atoms with E-state index in [-0.39, 0.29) is 0 Å². The molecule has 0 aliphatic carbocycles. The predicted molar refractivity (Wildman–Crippen MR) is 26.1 cm³/mol. The number of ether oxygens (including phenoxy) is 2. The molecule has 0 amide bonds. The first-order valence-electron chi connectivity index (χ1n) is 2.82. The quantitative estimate of drug-likeness (QED) is 0.522. The number of alkyl halides is 4. The molecule has 0 spiro atoms. The number of halogens is 4. The average Bonchev–Trinajstić information content (AvgIpc) is 1.66. The maximum atomic E-state index is 12.7. The molecule has 2 nitrogen and oxygen atoms in total. The van der Waals surface area contributed by atoms with Crippen molar-refractivity contribution >= 4 is 0 Å². The van der Waals surface area contributed by atoms with Gasteiger partial charge in [0.15, 0.2) is 0 Å². The van der Waals surface area contributed by atoms with Crippen LogP contribution in [0.25, 0.3) is 0 Å². The van der Waals surface area contributed by atoms with E-state index in [4.69, 9.17) is 0 Å². The van der Waals surface area contributed by atoms with Crippen LogP contribution in [0.5, 0.6) is 0 Å². The Balaban J connectivity index is 2.89. The highest BCUT2D eigenvalue weighted by Crippen LogP contribution is 2.47. The monoisotopic (exact) mass is 174 g/mol. The minimum absolute atomic E-state index is 0.536. The Labute approximate surface area is 60.1 Å². The molecule has 0 aromatic carbocycles. The molecule has 1 aliphatic heterocycles. The maximum Gasteiger partial charge on any atom is 0.491 e. The molecule has 66 valence electrons. The normalized spacial score (nSPS) is 49.6. The highest BCUT2D eigenvalue weighted by atomic mass is 19.3. The fourth-order valence-electron chi connectivity index (χ4n) is 0.649. The van der Waals surface area contributed by atoms with Gasteiger partial charge in [0.05, 0.1) is 0 Å². The van der Waals surface area contributed by atoms with Crippen LogP contribution in [0.4, 0.5) is 17.6 Å². The fraction of sp³-hybridized carbons (Fsp3) is 1.00. The lowest BCUT2D eigenvalue weighted by Crippen LogP contribution is -2.39. The van der Waals surface area contributed by atoms with Gasteiger partial charge in [-0.2, -0.15) is 0 Å². The van der Waals surface area contributed by atoms with E-state index in [1.54, 1.807) is 0 Å². The van der Waals surface area contributed by atoms with Crippen molar-refractivity contribution < 1.29 is 27.0 Å². The molecule has 0 N–H and O–H groups in total. The zero-order valence-corrected chi connectivity index (χ0v) is 5.83. The van der Waals surface area contributed by atoms with Crippen molar-refractivity contribution in [2.45, 2.75) is 31.9 Å². The molecule has 0 aromatic rings. The third kappa shape index (κ3) is 1.32. The van der Waals surface area contributed by atoms with E-state index in [1.807, 2.05) is 0 Å². The van der Waals surface area contributed by atoms with Crippen LogP contribution in [0.2, 0.25) is 0 Å². The maximum absolute atomic E-state index is 12.7. The molecule has 1 rings (SSSR count). The lowest BCUT2D eigenvalue weighted by Gasteiger charge is -2.20. The lowest BCUT2D eigenvalue weighted by atomic mass is 10.2. The van der Waals surface area contributed by atoms with Crippen LogP contribution in [-0.2, 0) is 9.47 Å². The van der Waals surface area contributed by atoms with E-state index in [0.29, 0.717) is 13.8 Å². The molecule has 0 bridgehead atoms. The first-order valence-corrected chi connectivity index (χ1v) is 2.82. The summed E-state index contributed by atoms with van der Waals surface area (Å²) in [6.07, 6.45) is -4.19. The summed E-state index contributed by atoms with van der Waals surface area (Å²) in [4.78, 5) is 0. The van der Waals surface area contributed by atoms with E-state index in [0.717, 1.165) is 0 Å². The van der Waals surface area contributed by atoms with Crippen LogP contribution in [0.3, 0.4) is 0 Å². The lowest BCUT2D eigenvalue weighted by molar-refractivity contribution is -0.374. The molecule has 0 aromatic heterocycles. The third-order valence-electron chi connectivity index (χ3n) is 1.42. The summed E-state index contributed by atoms with van der Waals surface area (Å²) < 4.78 is 56.1. The Hall–Kier alpha value is -0.360. The molecular weight excluding hydrogens is 168 g/mol. The second-order valence-electron chi connectivity index (χ2n) is 2.50. The van der Waals surface area contributed by atoms with Gasteiger partial charge < -0.3 is 0 Å². The Kier molecular flexibility index (Phi) is 1.48. The first-order chi connectivity index (χ1) is 4.66. The average molecular weight is 174 g/mol. The van der Waals surface area contributed by atoms with Gasteiger partial charge >= 0.3 is 6.29 Å². The smallest absolute Gasteiger partial charge is 0.252 e. The zero-order valence-electron chi connectivity index (χ0n) is 5.83. The van der Waals surface area contributed by atoms with Crippen molar-refractivity contribution in [1.82, 2.24) is 0 Å². The van der Waals surface area contributed by atoms with Gasteiger partial charge in [0.25, 0.3) is 11.7 Å². The highest BCUT2D eigenvalue weighted by molar-refractivity contribution is 4.84. The van der Waals surface area contributed by atoms with E-state index >= 15 is 0 Å². The van der Waals surface area contributed by atoms with Crippen LogP contribution >= 0.6 is 0 Å². The molecule has 0 radical (unpaired) electrons. The van der Waals surface area contributed by atoms with Crippen molar-refractivity contribution in [2.75, 3.05) is 0 Å². The summed E-state index contributed by atoms with van der Waals surface area (Å²) in [6, 6.07) is 0. The molecule has 6 heteroatoms. The minimum atomic E-state index is -4.19. The Morgan fingerprint density at radius 3 is 1.18 bits per heavy atom. The van der Waals surface area contributed by atoms with Crippen LogP contribution in [0.15, 0.2) is 0 Å². The van der Waals surface area contributed by atoms with Crippen LogP contribution in [0, 0.1) is 0 Å². The molecule has 1 heterocycles. The van der Waals surface area contributed by atoms with Gasteiger partial charge in [-0.25, -0.2) is 8.78 Å². The Morgan fingerprint density at radius 2 is 1.09 bits per heavy atom. The van der Waals surface area contributed by atoms with Crippen molar-refractivity contribution in [1.29, 1.82) is 0 Å². The van der Waals surface area contributed by atoms with Gasteiger partial charge in [0.1, 0.15) is 0 Å². The van der Waals surface area contributed by atoms with Gasteiger partial charge in [0, 0.05) is 13.8 Å². The fourth-order valence-corrected chi connectivity index (χ4v) is 0.649. The molecule has 11 heavy (non-hydrogen) atoms. The molecule has 1 aliphatic rings. The van der Waals surface area contributed by atoms with E-state index in [1.165, 1.54) is 0 Å². The molecule has 0 saturated carbocycles. The zero-order chi connectivity index (χ0) is 8.91. The molecule has 2 atom stereocenters. The number of hydrogen-bond acceptors (Lipinski definition) is 2. The predicted octanol–water partition coefficient (Wildman–Crippen LogP) is 1.95. The first kappa shape index (κ1) is 8.73. The van der Waals surface area contributed by atoms with E-state index < -0.39 is 18.0 Å². The van der Waals surface area contributed by atoms with Crippen molar-refractivity contribution in [3.05, 3.63) is 0 Å². The van der Waals surface area contributed by atoms with Crippen LogP contribution < -0.4 is 0 Å². The second-order valence-corrected chi connectivity index (χ2v) is 2.50. The number of hydrogen-bond donors (Lipinski definition) is 0. The van der Waals surface area contributed by atoms with Crippen molar-refractivity contribution in [2.24, 2.45) is 0 Å². The second kappa shape index (κ2) is 1.87. The van der Waals surface area contributed by atoms with Gasteiger partial charge in [-0.1, -0.05) is 0 Å². The Morgan fingerprint density at radius 1 is 0.818 bits per heavy atom. The van der Waals surface area contributed by atoms with E-state index in [9.17, 15) is 17.6 Å². The highest BCUT2D eigenvalue weighted by Gasteiger charge is 2.66. The summed E-state index contributed by atoms with van der Waals surface area (Å²) in [5.74, 6) is -6.23. The van der Waals surface area contributed by atoms with Crippen molar-refractivity contribution in [3.63, 3.8) is 0 Å². The standard InChI is InChI=1S/C5H6F4O2/c1-3(6)4(2,7)11-5(8,9)10-3/h1-2H3. The van der Waals surface area contributed by atoms with Gasteiger partial charge in [-0.05, 0) is 0 Å². The van der Waals surface area contributed by atoms with Crippen LogP contribution in [-0.4, -0.2) is 18.0 Å². The summed E-state index contributed by atoms with van der Waals surface area (Å²) in [6.45, 7) is 1.07. The molecular formula is C5H6F4O2. The number of rotatable bonds is 0. The SMILES string of the molecule is CC1(F)OC(F)(F)OC1(C)F. The molecule has 2 unspecified atom stereocenters. The third-order valence-corrected chi connectivity index (χ3v) is 1.42. The molecule has 1 fully saturated rings. The summed E-state index contributed by atoms with van der Waals surface area (Å²) in [5, 5.41) is 0. The topological polar surface area (TPSA) is 18.5 Å². The van der Waals surface area contributed by atoms with Gasteiger partial charge in [0.2, 0.25) is 0 Å². The summed E-state index contributed by atoms with van der Waals surface area (Å²) >= 11 is 0. The van der Waals surface area contributed by atoms with Crippen molar-refractivity contribution in [3.8, 4) is 0 Å². The van der Waals surface area contributed by atoms with E-state index in [2.05, 4.69) is 9.47 Å². The molecule has 1 saturated heterocycles. The summed E-state index contributed by atoms with van der Waals surface area (Å²) in [5.41, 5.74) is 0. The largest absolute Gasteiger partial charge is 0.491 e. The minimum Gasteiger partial charge on any atom is -0.252 e. The van der Waals surface area contributed by atoms with Crippen LogP contribution in [0.1, 0.15) is 13.8 Å². The van der Waals surface area contributed by atoms with Gasteiger partial charge in [-0.3, -0.25) is 9.47 Å². The summed E-state index contributed by atoms with van der Waals surface area (Å²) in [7, 11) is 0. The van der Waals surface area contributed by atoms with Gasteiger partial charge in [-0.15, -0.1) is 8.78 Å².